The van der Waals surface area contributed by atoms with E-state index < -0.39 is 0 Å². The van der Waals surface area contributed by atoms with Gasteiger partial charge in [0.15, 0.2) is 0 Å². The van der Waals surface area contributed by atoms with Crippen molar-refractivity contribution in [3.05, 3.63) is 53.8 Å². The number of rotatable bonds is 3. The lowest BCUT2D eigenvalue weighted by Gasteiger charge is -2.06. The minimum absolute atomic E-state index is 0.201. The fourth-order valence-electron chi connectivity index (χ4n) is 1.79. The van der Waals surface area contributed by atoms with Gasteiger partial charge in [0.2, 0.25) is 0 Å². The standard InChI is InChI=1S/C14H14FNO/c15-14-5-4-11(8-12(14)6-7-16)10-2-1-3-13(17)9-10/h1-5,8-9,17H,6-7,16H2. The zero-order chi connectivity index (χ0) is 12.3. The summed E-state index contributed by atoms with van der Waals surface area (Å²) in [7, 11) is 0. The van der Waals surface area contributed by atoms with Crippen LogP contribution in [0.4, 0.5) is 4.39 Å². The second-order valence-corrected chi connectivity index (χ2v) is 3.90. The monoisotopic (exact) mass is 231 g/mol. The molecule has 0 atom stereocenters. The Morgan fingerprint density at radius 1 is 1.06 bits per heavy atom. The van der Waals surface area contributed by atoms with Gasteiger partial charge in [-0.3, -0.25) is 0 Å². The number of benzene rings is 2. The van der Waals surface area contributed by atoms with Crippen LogP contribution in [0.5, 0.6) is 5.75 Å². The normalized spacial score (nSPS) is 10.5. The molecule has 0 unspecified atom stereocenters. The maximum absolute atomic E-state index is 13.4. The Bertz CT molecular complexity index is 525. The highest BCUT2D eigenvalue weighted by Crippen LogP contribution is 2.25. The minimum Gasteiger partial charge on any atom is -0.508 e. The molecule has 0 radical (unpaired) electrons. The first kappa shape index (κ1) is 11.6. The number of aromatic hydroxyl groups is 1. The van der Waals surface area contributed by atoms with Crippen LogP contribution in [-0.2, 0) is 6.42 Å². The molecule has 3 heteroatoms. The molecule has 0 saturated carbocycles. The molecule has 2 nitrogen and oxygen atoms in total. The number of hydrogen-bond donors (Lipinski definition) is 2. The predicted molar refractivity (Wildman–Crippen MR) is 66.3 cm³/mol. The number of halogens is 1. The van der Waals surface area contributed by atoms with E-state index in [2.05, 4.69) is 0 Å². The van der Waals surface area contributed by atoms with Crippen molar-refractivity contribution in [2.24, 2.45) is 5.73 Å². The largest absolute Gasteiger partial charge is 0.508 e. The molecule has 2 rings (SSSR count). The maximum Gasteiger partial charge on any atom is 0.126 e. The van der Waals surface area contributed by atoms with Gasteiger partial charge in [0.25, 0.3) is 0 Å². The zero-order valence-corrected chi connectivity index (χ0v) is 9.36. The molecular weight excluding hydrogens is 217 g/mol. The second-order valence-electron chi connectivity index (χ2n) is 3.90. The molecule has 0 aromatic heterocycles. The van der Waals surface area contributed by atoms with Crippen molar-refractivity contribution in [2.45, 2.75) is 6.42 Å². The van der Waals surface area contributed by atoms with Gasteiger partial charge in [0.05, 0.1) is 0 Å². The van der Waals surface area contributed by atoms with Gasteiger partial charge >= 0.3 is 0 Å². The Kier molecular flexibility index (Phi) is 3.40. The van der Waals surface area contributed by atoms with Crippen molar-refractivity contribution in [3.8, 4) is 16.9 Å². The van der Waals surface area contributed by atoms with Crippen molar-refractivity contribution in [3.63, 3.8) is 0 Å². The highest BCUT2D eigenvalue weighted by molar-refractivity contribution is 5.65. The van der Waals surface area contributed by atoms with Crippen LogP contribution in [0.15, 0.2) is 42.5 Å². The average Bonchev–Trinajstić information content (AvgIpc) is 2.32. The molecule has 0 bridgehead atoms. The smallest absolute Gasteiger partial charge is 0.126 e. The summed E-state index contributed by atoms with van der Waals surface area (Å²) in [5, 5.41) is 9.41. The van der Waals surface area contributed by atoms with Gasteiger partial charge in [-0.15, -0.1) is 0 Å². The molecule has 0 spiro atoms. The lowest BCUT2D eigenvalue weighted by Crippen LogP contribution is -2.04. The summed E-state index contributed by atoms with van der Waals surface area (Å²) in [6, 6.07) is 11.8. The summed E-state index contributed by atoms with van der Waals surface area (Å²) in [6.07, 6.45) is 0.512. The Hall–Kier alpha value is -1.87. The van der Waals surface area contributed by atoms with E-state index in [4.69, 9.17) is 5.73 Å². The summed E-state index contributed by atoms with van der Waals surface area (Å²) in [5.41, 5.74) is 7.79. The van der Waals surface area contributed by atoms with Crippen LogP contribution in [0.25, 0.3) is 11.1 Å². The average molecular weight is 231 g/mol. The number of phenolic OH excluding ortho intramolecular Hbond substituents is 1. The van der Waals surface area contributed by atoms with Gasteiger partial charge in [0, 0.05) is 0 Å². The first-order valence-corrected chi connectivity index (χ1v) is 5.48. The maximum atomic E-state index is 13.4. The molecule has 0 fully saturated rings. The minimum atomic E-state index is -0.237. The summed E-state index contributed by atoms with van der Waals surface area (Å²) in [6.45, 7) is 0.417. The Morgan fingerprint density at radius 3 is 2.53 bits per heavy atom. The highest BCUT2D eigenvalue weighted by Gasteiger charge is 2.05. The zero-order valence-electron chi connectivity index (χ0n) is 9.36. The van der Waals surface area contributed by atoms with E-state index in [-0.39, 0.29) is 11.6 Å². The van der Waals surface area contributed by atoms with E-state index in [0.717, 1.165) is 11.1 Å². The van der Waals surface area contributed by atoms with Gasteiger partial charge in [-0.05, 0) is 53.9 Å². The van der Waals surface area contributed by atoms with Gasteiger partial charge in [0.1, 0.15) is 11.6 Å². The molecule has 2 aromatic rings. The predicted octanol–water partition coefficient (Wildman–Crippen LogP) is 2.70. The fraction of sp³-hybridized carbons (Fsp3) is 0.143. The van der Waals surface area contributed by atoms with E-state index in [1.165, 1.54) is 6.07 Å². The summed E-state index contributed by atoms with van der Waals surface area (Å²) in [5.74, 6) is -0.0356. The Balaban J connectivity index is 2.42. The van der Waals surface area contributed by atoms with Gasteiger partial charge in [-0.1, -0.05) is 18.2 Å². The van der Waals surface area contributed by atoms with E-state index in [1.807, 2.05) is 6.07 Å². The van der Waals surface area contributed by atoms with Crippen LogP contribution in [0.2, 0.25) is 0 Å². The third kappa shape index (κ3) is 2.63. The van der Waals surface area contributed by atoms with E-state index in [0.29, 0.717) is 18.5 Å². The summed E-state index contributed by atoms with van der Waals surface area (Å²) in [4.78, 5) is 0. The lowest BCUT2D eigenvalue weighted by atomic mass is 10.0. The van der Waals surface area contributed by atoms with Crippen LogP contribution in [-0.4, -0.2) is 11.7 Å². The lowest BCUT2D eigenvalue weighted by molar-refractivity contribution is 0.475. The molecule has 17 heavy (non-hydrogen) atoms. The number of hydrogen-bond acceptors (Lipinski definition) is 2. The Morgan fingerprint density at radius 2 is 1.82 bits per heavy atom. The molecular formula is C14H14FNO. The molecule has 0 amide bonds. The topological polar surface area (TPSA) is 46.2 Å². The number of phenols is 1. The molecule has 0 saturated heterocycles. The van der Waals surface area contributed by atoms with Crippen LogP contribution >= 0.6 is 0 Å². The molecule has 0 aliphatic carbocycles. The molecule has 88 valence electrons. The van der Waals surface area contributed by atoms with Crippen LogP contribution < -0.4 is 5.73 Å². The Labute approximate surface area is 99.5 Å². The van der Waals surface area contributed by atoms with E-state index in [9.17, 15) is 9.50 Å². The molecule has 0 heterocycles. The van der Waals surface area contributed by atoms with Crippen molar-refractivity contribution in [1.29, 1.82) is 0 Å². The first-order chi connectivity index (χ1) is 8.20. The second kappa shape index (κ2) is 4.97. The van der Waals surface area contributed by atoms with Crippen molar-refractivity contribution in [2.75, 3.05) is 6.54 Å². The van der Waals surface area contributed by atoms with E-state index in [1.54, 1.807) is 30.3 Å². The van der Waals surface area contributed by atoms with Crippen molar-refractivity contribution < 1.29 is 9.50 Å². The van der Waals surface area contributed by atoms with Gasteiger partial charge in [-0.25, -0.2) is 4.39 Å². The van der Waals surface area contributed by atoms with Crippen molar-refractivity contribution in [1.82, 2.24) is 0 Å². The highest BCUT2D eigenvalue weighted by atomic mass is 19.1. The van der Waals surface area contributed by atoms with E-state index >= 15 is 0 Å². The van der Waals surface area contributed by atoms with Crippen LogP contribution in [0.1, 0.15) is 5.56 Å². The fourth-order valence-corrected chi connectivity index (χ4v) is 1.79. The SMILES string of the molecule is NCCc1cc(-c2cccc(O)c2)ccc1F. The van der Waals surface area contributed by atoms with Crippen LogP contribution in [0.3, 0.4) is 0 Å². The first-order valence-electron chi connectivity index (χ1n) is 5.48. The molecule has 0 aliphatic heterocycles. The third-order valence-electron chi connectivity index (χ3n) is 2.64. The summed E-state index contributed by atoms with van der Waals surface area (Å²) >= 11 is 0. The van der Waals surface area contributed by atoms with Crippen LogP contribution in [0, 0.1) is 5.82 Å². The molecule has 3 N–H and O–H groups in total. The van der Waals surface area contributed by atoms with Crippen molar-refractivity contribution >= 4 is 0 Å². The van der Waals surface area contributed by atoms with Gasteiger partial charge in [-0.2, -0.15) is 0 Å². The molecule has 0 aliphatic rings. The number of nitrogens with two attached hydrogens (primary N) is 1. The summed E-state index contributed by atoms with van der Waals surface area (Å²) < 4.78 is 13.4. The quantitative estimate of drug-likeness (QED) is 0.853. The third-order valence-corrected chi connectivity index (χ3v) is 2.64. The van der Waals surface area contributed by atoms with Gasteiger partial charge < -0.3 is 10.8 Å². The molecule has 2 aromatic carbocycles.